The molecule has 29 heavy (non-hydrogen) atoms. The number of rotatable bonds is 9. The zero-order valence-corrected chi connectivity index (χ0v) is 17.8. The lowest BCUT2D eigenvalue weighted by atomic mass is 10.0. The van der Waals surface area contributed by atoms with Crippen LogP contribution in [0.3, 0.4) is 0 Å². The molecule has 0 bridgehead atoms. The third kappa shape index (κ3) is 6.56. The fraction of sp³-hybridized carbons (Fsp3) is 0.333. The SMILES string of the molecule is CCO[C@@H](CCO)[C@@H](OC(=O)Nc1ccc(C(C)=O)cc1)c1cc(Br)ccc1O. The minimum atomic E-state index is -0.948. The summed E-state index contributed by atoms with van der Waals surface area (Å²) in [6.45, 7) is 3.42. The monoisotopic (exact) mass is 465 g/mol. The first-order valence-electron chi connectivity index (χ1n) is 9.15. The second-order valence-electron chi connectivity index (χ2n) is 6.29. The van der Waals surface area contributed by atoms with E-state index in [9.17, 15) is 19.8 Å². The van der Waals surface area contributed by atoms with Crippen molar-refractivity contribution in [3.8, 4) is 5.75 Å². The van der Waals surface area contributed by atoms with E-state index in [-0.39, 0.29) is 24.6 Å². The number of anilines is 1. The first kappa shape index (κ1) is 22.9. The number of aliphatic hydroxyl groups is 1. The van der Waals surface area contributed by atoms with Crippen LogP contribution in [0.5, 0.6) is 5.75 Å². The van der Waals surface area contributed by atoms with E-state index in [0.717, 1.165) is 0 Å². The van der Waals surface area contributed by atoms with Gasteiger partial charge in [-0.15, -0.1) is 0 Å². The topological polar surface area (TPSA) is 105 Å². The lowest BCUT2D eigenvalue weighted by Gasteiger charge is -2.27. The predicted octanol–water partition coefficient (Wildman–Crippen LogP) is 4.43. The van der Waals surface area contributed by atoms with Crippen LogP contribution in [0.4, 0.5) is 10.5 Å². The summed E-state index contributed by atoms with van der Waals surface area (Å²) >= 11 is 3.35. The van der Waals surface area contributed by atoms with Crippen molar-refractivity contribution in [3.05, 3.63) is 58.1 Å². The number of carbonyl (C=O) groups excluding carboxylic acids is 2. The van der Waals surface area contributed by atoms with Crippen molar-refractivity contribution in [3.63, 3.8) is 0 Å². The summed E-state index contributed by atoms with van der Waals surface area (Å²) in [4.78, 5) is 23.9. The van der Waals surface area contributed by atoms with Gasteiger partial charge in [0.15, 0.2) is 11.9 Å². The molecular formula is C21H24BrNO6. The number of hydrogen-bond acceptors (Lipinski definition) is 6. The number of hydrogen-bond donors (Lipinski definition) is 3. The van der Waals surface area contributed by atoms with Gasteiger partial charge in [-0.25, -0.2) is 4.79 Å². The highest BCUT2D eigenvalue weighted by molar-refractivity contribution is 9.10. The number of amides is 1. The van der Waals surface area contributed by atoms with Crippen LogP contribution >= 0.6 is 15.9 Å². The molecule has 0 aromatic heterocycles. The lowest BCUT2D eigenvalue weighted by molar-refractivity contribution is -0.0491. The van der Waals surface area contributed by atoms with Gasteiger partial charge in [0.1, 0.15) is 11.9 Å². The molecule has 2 aromatic rings. The molecule has 0 saturated heterocycles. The molecule has 0 fully saturated rings. The Bertz CT molecular complexity index is 834. The standard InChI is InChI=1S/C21H24BrNO6/c1-3-28-19(10-11-24)20(17-12-15(22)6-9-18(17)26)29-21(27)23-16-7-4-14(5-8-16)13(2)25/h4-9,12,19-20,24,26H,3,10-11H2,1-2H3,(H,23,27)/t19-,20-/m0/s1. The van der Waals surface area contributed by atoms with Crippen LogP contribution in [0.1, 0.15) is 42.3 Å². The summed E-state index contributed by atoms with van der Waals surface area (Å²) in [6.07, 6.45) is -2.15. The smallest absolute Gasteiger partial charge is 0.412 e. The summed E-state index contributed by atoms with van der Waals surface area (Å²) in [5.74, 6) is -0.132. The van der Waals surface area contributed by atoms with Gasteiger partial charge in [0, 0.05) is 40.9 Å². The van der Waals surface area contributed by atoms with Gasteiger partial charge in [0.05, 0.1) is 0 Å². The highest BCUT2D eigenvalue weighted by Gasteiger charge is 2.30. The van der Waals surface area contributed by atoms with E-state index in [4.69, 9.17) is 9.47 Å². The van der Waals surface area contributed by atoms with Gasteiger partial charge in [0.2, 0.25) is 0 Å². The van der Waals surface area contributed by atoms with Crippen molar-refractivity contribution < 1.29 is 29.3 Å². The summed E-state index contributed by atoms with van der Waals surface area (Å²) in [7, 11) is 0. The molecule has 0 heterocycles. The summed E-state index contributed by atoms with van der Waals surface area (Å²) in [6, 6.07) is 11.2. The lowest BCUT2D eigenvalue weighted by Crippen LogP contribution is -2.29. The molecule has 0 saturated carbocycles. The van der Waals surface area contributed by atoms with E-state index in [2.05, 4.69) is 21.2 Å². The van der Waals surface area contributed by atoms with Gasteiger partial charge in [-0.2, -0.15) is 0 Å². The van der Waals surface area contributed by atoms with Crippen molar-refractivity contribution in [2.75, 3.05) is 18.5 Å². The van der Waals surface area contributed by atoms with Crippen molar-refractivity contribution in [2.45, 2.75) is 32.5 Å². The maximum Gasteiger partial charge on any atom is 0.412 e. The van der Waals surface area contributed by atoms with Crippen molar-refractivity contribution in [1.29, 1.82) is 0 Å². The van der Waals surface area contributed by atoms with Gasteiger partial charge in [0.25, 0.3) is 0 Å². The molecule has 0 aliphatic heterocycles. The van der Waals surface area contributed by atoms with Crippen LogP contribution < -0.4 is 5.32 Å². The molecule has 3 N–H and O–H groups in total. The molecule has 0 unspecified atom stereocenters. The van der Waals surface area contributed by atoms with Crippen LogP contribution in [0.25, 0.3) is 0 Å². The fourth-order valence-corrected chi connectivity index (χ4v) is 3.19. The van der Waals surface area contributed by atoms with Crippen molar-refractivity contribution >= 4 is 33.5 Å². The van der Waals surface area contributed by atoms with E-state index in [1.165, 1.54) is 13.0 Å². The molecule has 0 aliphatic rings. The second-order valence-corrected chi connectivity index (χ2v) is 7.21. The number of ketones is 1. The molecular weight excluding hydrogens is 442 g/mol. The molecule has 0 spiro atoms. The average molecular weight is 466 g/mol. The number of phenolic OH excluding ortho intramolecular Hbond substituents is 1. The largest absolute Gasteiger partial charge is 0.508 e. The van der Waals surface area contributed by atoms with Gasteiger partial charge < -0.3 is 19.7 Å². The summed E-state index contributed by atoms with van der Waals surface area (Å²) < 4.78 is 11.9. The van der Waals surface area contributed by atoms with Crippen LogP contribution in [0.2, 0.25) is 0 Å². The zero-order valence-electron chi connectivity index (χ0n) is 16.2. The maximum absolute atomic E-state index is 12.5. The van der Waals surface area contributed by atoms with E-state index in [1.807, 2.05) is 0 Å². The van der Waals surface area contributed by atoms with Gasteiger partial charge in [-0.1, -0.05) is 15.9 Å². The molecule has 7 nitrogen and oxygen atoms in total. The Morgan fingerprint density at radius 1 is 1.17 bits per heavy atom. The van der Waals surface area contributed by atoms with E-state index in [1.54, 1.807) is 43.3 Å². The Morgan fingerprint density at radius 2 is 1.86 bits per heavy atom. The molecule has 2 atom stereocenters. The van der Waals surface area contributed by atoms with E-state index < -0.39 is 18.3 Å². The average Bonchev–Trinajstić information content (AvgIpc) is 2.68. The zero-order chi connectivity index (χ0) is 21.4. The third-order valence-corrected chi connectivity index (χ3v) is 4.69. The van der Waals surface area contributed by atoms with Crippen LogP contribution in [0.15, 0.2) is 46.9 Å². The van der Waals surface area contributed by atoms with Gasteiger partial charge in [-0.05, 0) is 56.3 Å². The normalized spacial score (nSPS) is 12.8. The van der Waals surface area contributed by atoms with E-state index in [0.29, 0.717) is 27.9 Å². The van der Waals surface area contributed by atoms with Crippen molar-refractivity contribution in [2.24, 2.45) is 0 Å². The first-order chi connectivity index (χ1) is 13.8. The minimum absolute atomic E-state index is 0.0561. The van der Waals surface area contributed by atoms with Gasteiger partial charge in [-0.3, -0.25) is 10.1 Å². The number of phenols is 1. The van der Waals surface area contributed by atoms with Crippen LogP contribution in [-0.4, -0.2) is 41.4 Å². The van der Waals surface area contributed by atoms with E-state index >= 15 is 0 Å². The quantitative estimate of drug-likeness (QED) is 0.472. The molecule has 2 aromatic carbocycles. The number of aliphatic hydroxyl groups excluding tert-OH is 1. The Morgan fingerprint density at radius 3 is 2.45 bits per heavy atom. The number of Topliss-reactive ketones (excluding diaryl/α,β-unsaturated/α-hetero) is 1. The highest BCUT2D eigenvalue weighted by atomic mass is 79.9. The Balaban J connectivity index is 2.24. The Kier molecular flexibility index (Phi) is 8.63. The number of ether oxygens (including phenoxy) is 2. The highest BCUT2D eigenvalue weighted by Crippen LogP contribution is 2.34. The molecule has 156 valence electrons. The Hall–Kier alpha value is -2.42. The number of carbonyl (C=O) groups is 2. The van der Waals surface area contributed by atoms with Crippen LogP contribution in [0, 0.1) is 0 Å². The molecule has 1 amide bonds. The first-order valence-corrected chi connectivity index (χ1v) is 9.94. The maximum atomic E-state index is 12.5. The molecule has 0 aliphatic carbocycles. The molecule has 2 rings (SSSR count). The number of nitrogens with one attached hydrogen (secondary N) is 1. The summed E-state index contributed by atoms with van der Waals surface area (Å²) in [5, 5.41) is 22.3. The number of aromatic hydroxyl groups is 1. The summed E-state index contributed by atoms with van der Waals surface area (Å²) in [5.41, 5.74) is 1.33. The minimum Gasteiger partial charge on any atom is -0.508 e. The second kappa shape index (κ2) is 10.9. The van der Waals surface area contributed by atoms with Crippen LogP contribution in [-0.2, 0) is 9.47 Å². The fourth-order valence-electron chi connectivity index (χ4n) is 2.81. The van der Waals surface area contributed by atoms with Gasteiger partial charge >= 0.3 is 6.09 Å². The third-order valence-electron chi connectivity index (χ3n) is 4.20. The van der Waals surface area contributed by atoms with Crippen molar-refractivity contribution in [1.82, 2.24) is 0 Å². The Labute approximate surface area is 177 Å². The predicted molar refractivity (Wildman–Crippen MR) is 112 cm³/mol. The number of benzene rings is 2. The molecule has 8 heteroatoms. The number of halogens is 1. The molecule has 0 radical (unpaired) electrons.